The molecule has 2 rings (SSSR count). The zero-order valence-electron chi connectivity index (χ0n) is 6.43. The summed E-state index contributed by atoms with van der Waals surface area (Å²) in [5.41, 5.74) is 0.227. The summed E-state index contributed by atoms with van der Waals surface area (Å²) in [6, 6.07) is 0. The van der Waals surface area contributed by atoms with E-state index in [1.165, 1.54) is 19.3 Å². The lowest BCUT2D eigenvalue weighted by Gasteiger charge is -2.23. The molecule has 2 unspecified atom stereocenters. The summed E-state index contributed by atoms with van der Waals surface area (Å²) in [4.78, 5) is 0. The van der Waals surface area contributed by atoms with Crippen LogP contribution in [0.15, 0.2) is 11.8 Å². The zero-order valence-corrected chi connectivity index (χ0v) is 6.43. The molecule has 1 saturated carbocycles. The van der Waals surface area contributed by atoms with Crippen LogP contribution in [0.1, 0.15) is 32.6 Å². The second kappa shape index (κ2) is 1.77. The first-order valence-corrected chi connectivity index (χ1v) is 4.18. The molecule has 10 heavy (non-hydrogen) atoms. The Hall–Kier alpha value is -0.460. The third-order valence-corrected chi connectivity index (χ3v) is 3.26. The van der Waals surface area contributed by atoms with Gasteiger partial charge in [-0.05, 0) is 37.7 Å². The van der Waals surface area contributed by atoms with E-state index in [2.05, 4.69) is 13.0 Å². The third-order valence-electron chi connectivity index (χ3n) is 3.26. The van der Waals surface area contributed by atoms with Crippen molar-refractivity contribution in [2.24, 2.45) is 11.3 Å². The van der Waals surface area contributed by atoms with Gasteiger partial charge in [0.05, 0.1) is 5.76 Å². The smallest absolute Gasteiger partial charge is 0.0947 e. The van der Waals surface area contributed by atoms with Crippen LogP contribution in [-0.4, -0.2) is 5.11 Å². The topological polar surface area (TPSA) is 20.2 Å². The van der Waals surface area contributed by atoms with E-state index in [-0.39, 0.29) is 5.41 Å². The fourth-order valence-electron chi connectivity index (χ4n) is 2.44. The van der Waals surface area contributed by atoms with Crippen molar-refractivity contribution in [2.45, 2.75) is 32.6 Å². The lowest BCUT2D eigenvalue weighted by atomic mass is 9.83. The van der Waals surface area contributed by atoms with Gasteiger partial charge < -0.3 is 5.11 Å². The highest BCUT2D eigenvalue weighted by molar-refractivity contribution is 5.20. The van der Waals surface area contributed by atoms with Gasteiger partial charge >= 0.3 is 0 Å². The average molecular weight is 138 g/mol. The number of fused-ring (bicyclic) bond motifs is 2. The van der Waals surface area contributed by atoms with E-state index < -0.39 is 0 Å². The van der Waals surface area contributed by atoms with Gasteiger partial charge in [-0.2, -0.15) is 0 Å². The molecule has 0 saturated heterocycles. The minimum absolute atomic E-state index is 0.227. The quantitative estimate of drug-likeness (QED) is 0.590. The molecule has 2 aliphatic rings. The maximum Gasteiger partial charge on any atom is 0.0947 e. The number of hydrogen-bond donors (Lipinski definition) is 1. The van der Waals surface area contributed by atoms with Crippen LogP contribution in [0, 0.1) is 11.3 Å². The monoisotopic (exact) mass is 138 g/mol. The molecule has 56 valence electrons. The zero-order chi connectivity index (χ0) is 7.19. The minimum Gasteiger partial charge on any atom is -0.512 e. The van der Waals surface area contributed by atoms with E-state index in [4.69, 9.17) is 0 Å². The van der Waals surface area contributed by atoms with Gasteiger partial charge in [0, 0.05) is 5.41 Å². The molecule has 1 heteroatoms. The molecule has 1 fully saturated rings. The lowest BCUT2D eigenvalue weighted by molar-refractivity contribution is 0.225. The Bertz CT molecular complexity index is 183. The van der Waals surface area contributed by atoms with Crippen molar-refractivity contribution in [1.82, 2.24) is 0 Å². The molecule has 0 aliphatic heterocycles. The highest BCUT2D eigenvalue weighted by atomic mass is 16.3. The Morgan fingerprint density at radius 2 is 2.60 bits per heavy atom. The summed E-state index contributed by atoms with van der Waals surface area (Å²) in [5.74, 6) is 1.39. The average Bonchev–Trinajstić information content (AvgIpc) is 2.44. The number of hydrogen-bond acceptors (Lipinski definition) is 1. The molecule has 0 spiro atoms. The van der Waals surface area contributed by atoms with E-state index in [0.29, 0.717) is 11.7 Å². The number of aliphatic hydroxyl groups excluding tert-OH is 1. The Labute approximate surface area is 61.8 Å². The van der Waals surface area contributed by atoms with Gasteiger partial charge in [-0.15, -0.1) is 0 Å². The van der Waals surface area contributed by atoms with Crippen LogP contribution < -0.4 is 0 Å². The van der Waals surface area contributed by atoms with Crippen molar-refractivity contribution in [3.63, 3.8) is 0 Å². The van der Waals surface area contributed by atoms with Crippen LogP contribution in [0.2, 0.25) is 0 Å². The highest BCUT2D eigenvalue weighted by Gasteiger charge is 2.45. The molecule has 0 heterocycles. The molecule has 0 radical (unpaired) electrons. The van der Waals surface area contributed by atoms with Gasteiger partial charge in [-0.1, -0.05) is 6.92 Å². The standard InChI is InChI=1S/C9H14O/c1-2-9-4-3-7(6-9)5-8(9)10/h5,7,10H,2-4,6H2,1H3. The predicted molar refractivity (Wildman–Crippen MR) is 40.8 cm³/mol. The van der Waals surface area contributed by atoms with Crippen LogP contribution in [0.5, 0.6) is 0 Å². The summed E-state index contributed by atoms with van der Waals surface area (Å²) in [5, 5.41) is 9.53. The van der Waals surface area contributed by atoms with E-state index in [1.807, 2.05) is 0 Å². The summed E-state index contributed by atoms with van der Waals surface area (Å²) in [6.07, 6.45) is 6.92. The highest BCUT2D eigenvalue weighted by Crippen LogP contribution is 2.54. The van der Waals surface area contributed by atoms with Crippen molar-refractivity contribution in [1.29, 1.82) is 0 Å². The Morgan fingerprint density at radius 1 is 1.80 bits per heavy atom. The predicted octanol–water partition coefficient (Wildman–Crippen LogP) is 2.64. The van der Waals surface area contributed by atoms with Crippen molar-refractivity contribution < 1.29 is 5.11 Å². The molecule has 0 aromatic rings. The van der Waals surface area contributed by atoms with E-state index >= 15 is 0 Å². The van der Waals surface area contributed by atoms with Crippen molar-refractivity contribution in [3.8, 4) is 0 Å². The summed E-state index contributed by atoms with van der Waals surface area (Å²) >= 11 is 0. The van der Waals surface area contributed by atoms with Crippen LogP contribution in [0.25, 0.3) is 0 Å². The van der Waals surface area contributed by atoms with E-state index in [0.717, 1.165) is 6.42 Å². The molecular formula is C9H14O. The number of aliphatic hydroxyl groups is 1. The van der Waals surface area contributed by atoms with Gasteiger partial charge in [0.25, 0.3) is 0 Å². The fourth-order valence-corrected chi connectivity index (χ4v) is 2.44. The van der Waals surface area contributed by atoms with Gasteiger partial charge in [-0.3, -0.25) is 0 Å². The molecule has 0 amide bonds. The molecule has 2 atom stereocenters. The van der Waals surface area contributed by atoms with Gasteiger partial charge in [-0.25, -0.2) is 0 Å². The van der Waals surface area contributed by atoms with Gasteiger partial charge in [0.15, 0.2) is 0 Å². The minimum atomic E-state index is 0.227. The molecule has 0 aromatic carbocycles. The maximum atomic E-state index is 9.53. The SMILES string of the molecule is CCC12CCC(C=C1O)C2. The number of rotatable bonds is 1. The second-order valence-corrected chi connectivity index (χ2v) is 3.69. The first kappa shape index (κ1) is 6.26. The van der Waals surface area contributed by atoms with Crippen molar-refractivity contribution in [3.05, 3.63) is 11.8 Å². The largest absolute Gasteiger partial charge is 0.512 e. The van der Waals surface area contributed by atoms with Crippen LogP contribution in [0.4, 0.5) is 0 Å². The Balaban J connectivity index is 2.31. The lowest BCUT2D eigenvalue weighted by Crippen LogP contribution is -2.15. The maximum absolute atomic E-state index is 9.53. The second-order valence-electron chi connectivity index (χ2n) is 3.69. The first-order chi connectivity index (χ1) is 4.77. The van der Waals surface area contributed by atoms with Gasteiger partial charge in [0.2, 0.25) is 0 Å². The van der Waals surface area contributed by atoms with Crippen LogP contribution >= 0.6 is 0 Å². The molecule has 0 aromatic heterocycles. The van der Waals surface area contributed by atoms with E-state index in [9.17, 15) is 5.11 Å². The summed E-state index contributed by atoms with van der Waals surface area (Å²) in [7, 11) is 0. The van der Waals surface area contributed by atoms with Crippen LogP contribution in [-0.2, 0) is 0 Å². The number of allylic oxidation sites excluding steroid dienone is 2. The van der Waals surface area contributed by atoms with Crippen molar-refractivity contribution in [2.75, 3.05) is 0 Å². The molecule has 2 bridgehead atoms. The normalized spacial score (nSPS) is 44.1. The summed E-state index contributed by atoms with van der Waals surface area (Å²) < 4.78 is 0. The fraction of sp³-hybridized carbons (Fsp3) is 0.778. The molecule has 2 aliphatic carbocycles. The Kier molecular flexibility index (Phi) is 1.11. The van der Waals surface area contributed by atoms with Crippen molar-refractivity contribution >= 4 is 0 Å². The first-order valence-electron chi connectivity index (χ1n) is 4.18. The Morgan fingerprint density at radius 3 is 2.90 bits per heavy atom. The van der Waals surface area contributed by atoms with Crippen LogP contribution in [0.3, 0.4) is 0 Å². The molecular weight excluding hydrogens is 124 g/mol. The molecule has 1 N–H and O–H groups in total. The molecule has 1 nitrogen and oxygen atoms in total. The third kappa shape index (κ3) is 0.582. The van der Waals surface area contributed by atoms with E-state index in [1.54, 1.807) is 0 Å². The van der Waals surface area contributed by atoms with Gasteiger partial charge in [0.1, 0.15) is 0 Å². The summed E-state index contributed by atoms with van der Waals surface area (Å²) in [6.45, 7) is 2.18.